The van der Waals surface area contributed by atoms with Gasteiger partial charge in [0.25, 0.3) is 0 Å². The molecule has 6 heteroatoms. The van der Waals surface area contributed by atoms with Crippen molar-refractivity contribution >= 4 is 29.1 Å². The predicted molar refractivity (Wildman–Crippen MR) is 145 cm³/mol. The number of aryl methyl sites for hydroxylation is 1. The van der Waals surface area contributed by atoms with Gasteiger partial charge in [-0.1, -0.05) is 69.7 Å². The number of rotatable bonds is 9. The molecule has 0 unspecified atom stereocenters. The molecule has 0 spiro atoms. The van der Waals surface area contributed by atoms with Gasteiger partial charge in [0.15, 0.2) is 0 Å². The molecule has 3 N–H and O–H groups in total. The minimum atomic E-state index is -0.988. The van der Waals surface area contributed by atoms with Gasteiger partial charge in [-0.15, -0.1) is 0 Å². The number of anilines is 3. The van der Waals surface area contributed by atoms with E-state index in [0.717, 1.165) is 29.9 Å². The van der Waals surface area contributed by atoms with Gasteiger partial charge in [-0.05, 0) is 60.2 Å². The van der Waals surface area contributed by atoms with E-state index in [0.29, 0.717) is 28.8 Å². The number of aromatic carboxylic acids is 1. The van der Waals surface area contributed by atoms with Gasteiger partial charge in [-0.25, -0.2) is 9.59 Å². The average molecular weight is 474 g/mol. The number of carboxylic acids is 1. The number of carbonyl (C=O) groups excluding carboxylic acids is 1. The zero-order valence-electron chi connectivity index (χ0n) is 21.1. The van der Waals surface area contributed by atoms with Crippen LogP contribution >= 0.6 is 0 Å². The van der Waals surface area contributed by atoms with E-state index in [9.17, 15) is 14.7 Å². The van der Waals surface area contributed by atoms with E-state index in [-0.39, 0.29) is 11.6 Å². The molecule has 0 atom stereocenters. The van der Waals surface area contributed by atoms with Crippen LogP contribution in [0, 0.1) is 18.8 Å². The topological polar surface area (TPSA) is 81.7 Å². The number of hydrogen-bond donors (Lipinski definition) is 3. The molecule has 184 valence electrons. The summed E-state index contributed by atoms with van der Waals surface area (Å²) in [5.41, 5.74) is 4.90. The van der Waals surface area contributed by atoms with E-state index in [2.05, 4.69) is 43.2 Å². The van der Waals surface area contributed by atoms with E-state index in [1.54, 1.807) is 18.2 Å². The van der Waals surface area contributed by atoms with Crippen molar-refractivity contribution in [2.75, 3.05) is 28.6 Å². The lowest BCUT2D eigenvalue weighted by Crippen LogP contribution is -2.32. The molecule has 3 aromatic carbocycles. The summed E-state index contributed by atoms with van der Waals surface area (Å²) in [6, 6.07) is 19.9. The zero-order valence-corrected chi connectivity index (χ0v) is 21.1. The third-order valence-corrected chi connectivity index (χ3v) is 5.53. The van der Waals surface area contributed by atoms with Crippen molar-refractivity contribution < 1.29 is 14.7 Å². The Morgan fingerprint density at radius 3 is 2.09 bits per heavy atom. The van der Waals surface area contributed by atoms with E-state index < -0.39 is 5.97 Å². The largest absolute Gasteiger partial charge is 0.478 e. The lowest BCUT2D eigenvalue weighted by atomic mass is 9.98. The van der Waals surface area contributed by atoms with E-state index in [1.807, 2.05) is 55.5 Å². The molecule has 35 heavy (non-hydrogen) atoms. The molecule has 3 aromatic rings. The highest BCUT2D eigenvalue weighted by atomic mass is 16.4. The first-order valence-corrected chi connectivity index (χ1v) is 12.0. The Labute approximate surface area is 208 Å². The van der Waals surface area contributed by atoms with Gasteiger partial charge in [0, 0.05) is 18.8 Å². The second-order valence-corrected chi connectivity index (χ2v) is 9.72. The molecular weight excluding hydrogens is 438 g/mol. The van der Waals surface area contributed by atoms with Gasteiger partial charge in [-0.3, -0.25) is 0 Å². The molecule has 0 aromatic heterocycles. The first kappa shape index (κ1) is 25.8. The van der Waals surface area contributed by atoms with Crippen LogP contribution in [0.2, 0.25) is 0 Å². The van der Waals surface area contributed by atoms with Crippen molar-refractivity contribution in [3.8, 4) is 11.1 Å². The highest BCUT2D eigenvalue weighted by Crippen LogP contribution is 2.34. The highest BCUT2D eigenvalue weighted by molar-refractivity contribution is 6.03. The Kier molecular flexibility index (Phi) is 8.53. The number of amides is 2. The lowest BCUT2D eigenvalue weighted by molar-refractivity contribution is 0.0697. The maximum absolute atomic E-state index is 13.0. The number of carboxylic acid groups (broad SMARTS) is 1. The van der Waals surface area contributed by atoms with Crippen LogP contribution in [0.5, 0.6) is 0 Å². The second-order valence-electron chi connectivity index (χ2n) is 9.72. The van der Waals surface area contributed by atoms with Crippen molar-refractivity contribution in [3.63, 3.8) is 0 Å². The second kappa shape index (κ2) is 11.6. The molecule has 0 aliphatic carbocycles. The molecule has 0 radical (unpaired) electrons. The molecule has 3 rings (SSSR count). The molecule has 0 aliphatic rings. The Morgan fingerprint density at radius 1 is 0.857 bits per heavy atom. The van der Waals surface area contributed by atoms with Gasteiger partial charge in [-0.2, -0.15) is 0 Å². The van der Waals surface area contributed by atoms with Crippen molar-refractivity contribution in [1.82, 2.24) is 0 Å². The minimum Gasteiger partial charge on any atom is -0.478 e. The maximum Gasteiger partial charge on any atom is 0.336 e. The monoisotopic (exact) mass is 473 g/mol. The normalized spacial score (nSPS) is 10.9. The van der Waals surface area contributed by atoms with Gasteiger partial charge in [0.1, 0.15) is 0 Å². The number of hydrogen-bond acceptors (Lipinski definition) is 3. The molecular formula is C29H35N3O3. The molecule has 2 amide bonds. The molecule has 0 saturated carbocycles. The lowest BCUT2D eigenvalue weighted by Gasteiger charge is -2.31. The number of urea groups is 1. The Morgan fingerprint density at radius 2 is 1.49 bits per heavy atom. The summed E-state index contributed by atoms with van der Waals surface area (Å²) in [5.74, 6) is -0.136. The molecule has 0 bridgehead atoms. The quantitative estimate of drug-likeness (QED) is 0.309. The van der Waals surface area contributed by atoms with Crippen LogP contribution in [0.3, 0.4) is 0 Å². The van der Waals surface area contributed by atoms with Crippen molar-refractivity contribution in [2.45, 2.75) is 34.6 Å². The van der Waals surface area contributed by atoms with Crippen molar-refractivity contribution in [2.24, 2.45) is 11.8 Å². The summed E-state index contributed by atoms with van der Waals surface area (Å²) >= 11 is 0. The van der Waals surface area contributed by atoms with Crippen LogP contribution in [-0.4, -0.2) is 30.2 Å². The number of carbonyl (C=O) groups is 2. The van der Waals surface area contributed by atoms with Gasteiger partial charge in [0.05, 0.1) is 16.9 Å². The molecule has 0 fully saturated rings. The summed E-state index contributed by atoms with van der Waals surface area (Å²) in [4.78, 5) is 27.1. The molecule has 0 saturated heterocycles. The van der Waals surface area contributed by atoms with Crippen LogP contribution in [0.25, 0.3) is 11.1 Å². The number of nitrogens with one attached hydrogen (secondary N) is 2. The van der Waals surface area contributed by atoms with Gasteiger partial charge in [0.2, 0.25) is 0 Å². The fourth-order valence-corrected chi connectivity index (χ4v) is 4.08. The smallest absolute Gasteiger partial charge is 0.336 e. The Balaban J connectivity index is 2.03. The summed E-state index contributed by atoms with van der Waals surface area (Å²) in [5, 5.41) is 15.6. The fraction of sp³-hybridized carbons (Fsp3) is 0.310. The SMILES string of the molecule is Cc1ccc(NC(=O)Nc2cc(-c3ccccc3C(=O)O)ccc2N(CC(C)C)CC(C)C)cc1. The summed E-state index contributed by atoms with van der Waals surface area (Å²) in [6.07, 6.45) is 0. The van der Waals surface area contributed by atoms with Gasteiger partial charge >= 0.3 is 12.0 Å². The first-order chi connectivity index (χ1) is 16.6. The van der Waals surface area contributed by atoms with E-state index in [1.165, 1.54) is 0 Å². The van der Waals surface area contributed by atoms with Crippen LogP contribution in [0.4, 0.5) is 21.9 Å². The molecule has 0 aliphatic heterocycles. The molecule has 0 heterocycles. The van der Waals surface area contributed by atoms with Crippen LogP contribution < -0.4 is 15.5 Å². The standard InChI is InChI=1S/C29H35N3O3/c1-19(2)17-32(18-20(3)4)27-15-12-22(24-8-6-7-9-25(24)28(33)34)16-26(27)31-29(35)30-23-13-10-21(5)11-14-23/h6-16,19-20H,17-18H2,1-5H3,(H,33,34)(H2,30,31,35). The average Bonchev–Trinajstić information content (AvgIpc) is 2.79. The highest BCUT2D eigenvalue weighted by Gasteiger charge is 2.19. The zero-order chi connectivity index (χ0) is 25.5. The third kappa shape index (κ3) is 7.09. The van der Waals surface area contributed by atoms with Crippen LogP contribution in [0.1, 0.15) is 43.6 Å². The Hall–Kier alpha value is -3.80. The summed E-state index contributed by atoms with van der Waals surface area (Å²) in [7, 11) is 0. The fourth-order valence-electron chi connectivity index (χ4n) is 4.08. The summed E-state index contributed by atoms with van der Waals surface area (Å²) in [6.45, 7) is 12.3. The number of nitrogens with zero attached hydrogens (tertiary/aromatic N) is 1. The minimum absolute atomic E-state index is 0.219. The van der Waals surface area contributed by atoms with Crippen LogP contribution in [0.15, 0.2) is 66.7 Å². The molecule has 6 nitrogen and oxygen atoms in total. The first-order valence-electron chi connectivity index (χ1n) is 12.0. The van der Waals surface area contributed by atoms with Crippen molar-refractivity contribution in [1.29, 1.82) is 0 Å². The third-order valence-electron chi connectivity index (χ3n) is 5.53. The number of benzene rings is 3. The van der Waals surface area contributed by atoms with E-state index >= 15 is 0 Å². The van der Waals surface area contributed by atoms with Crippen LogP contribution in [-0.2, 0) is 0 Å². The Bertz CT molecular complexity index is 1160. The van der Waals surface area contributed by atoms with E-state index in [4.69, 9.17) is 0 Å². The summed E-state index contributed by atoms with van der Waals surface area (Å²) < 4.78 is 0. The predicted octanol–water partition coefficient (Wildman–Crippen LogP) is 7.12. The maximum atomic E-state index is 13.0. The van der Waals surface area contributed by atoms with Crippen molar-refractivity contribution in [3.05, 3.63) is 77.9 Å². The van der Waals surface area contributed by atoms with Gasteiger partial charge < -0.3 is 20.6 Å².